The Morgan fingerprint density at radius 1 is 1.20 bits per heavy atom. The molecule has 1 saturated carbocycles. The molecule has 3 rings (SSSR count). The number of methoxy groups -OCH3 is 1. The van der Waals surface area contributed by atoms with Crippen molar-refractivity contribution in [2.75, 3.05) is 31.6 Å². The lowest BCUT2D eigenvalue weighted by Crippen LogP contribution is -2.49. The zero-order valence-electron chi connectivity index (χ0n) is 12.7. The molecule has 1 spiro atoms. The zero-order valence-corrected chi connectivity index (χ0v) is 12.7. The predicted molar refractivity (Wildman–Crippen MR) is 83.8 cm³/mol. The Morgan fingerprint density at radius 3 is 2.75 bits per heavy atom. The Bertz CT molecular complexity index is 466. The van der Waals surface area contributed by atoms with Crippen molar-refractivity contribution >= 4 is 5.69 Å². The molecule has 3 heteroatoms. The zero-order chi connectivity index (χ0) is 14.0. The van der Waals surface area contributed by atoms with Crippen LogP contribution in [-0.4, -0.2) is 32.3 Å². The lowest BCUT2D eigenvalue weighted by molar-refractivity contribution is 0.353. The van der Waals surface area contributed by atoms with E-state index in [4.69, 9.17) is 4.74 Å². The van der Waals surface area contributed by atoms with Crippen molar-refractivity contribution < 1.29 is 4.74 Å². The van der Waals surface area contributed by atoms with Gasteiger partial charge in [0.1, 0.15) is 5.75 Å². The largest absolute Gasteiger partial charge is 0.495 e. The van der Waals surface area contributed by atoms with E-state index in [0.29, 0.717) is 5.54 Å². The average Bonchev–Trinajstić information content (AvgIpc) is 2.79. The first-order valence-electron chi connectivity index (χ1n) is 7.87. The van der Waals surface area contributed by atoms with E-state index >= 15 is 0 Å². The Hall–Kier alpha value is -1.22. The Kier molecular flexibility index (Phi) is 3.88. The van der Waals surface area contributed by atoms with Gasteiger partial charge >= 0.3 is 0 Å². The van der Waals surface area contributed by atoms with E-state index in [1.807, 2.05) is 0 Å². The number of nitrogens with one attached hydrogen (secondary N) is 1. The third kappa shape index (κ3) is 2.64. The summed E-state index contributed by atoms with van der Waals surface area (Å²) in [5, 5.41) is 3.83. The second-order valence-electron chi connectivity index (χ2n) is 6.36. The van der Waals surface area contributed by atoms with Crippen LogP contribution in [0.2, 0.25) is 0 Å². The summed E-state index contributed by atoms with van der Waals surface area (Å²) in [5.41, 5.74) is 2.91. The number of ether oxygens (including phenoxy) is 1. The minimum Gasteiger partial charge on any atom is -0.495 e. The van der Waals surface area contributed by atoms with Crippen LogP contribution in [0.15, 0.2) is 18.2 Å². The molecule has 1 saturated heterocycles. The summed E-state index contributed by atoms with van der Waals surface area (Å²) in [5.74, 6) is 1.01. The summed E-state index contributed by atoms with van der Waals surface area (Å²) < 4.78 is 5.58. The van der Waals surface area contributed by atoms with Gasteiger partial charge in [0.25, 0.3) is 0 Å². The second kappa shape index (κ2) is 5.65. The van der Waals surface area contributed by atoms with E-state index in [-0.39, 0.29) is 0 Å². The van der Waals surface area contributed by atoms with Crippen LogP contribution in [0, 0.1) is 6.92 Å². The molecule has 110 valence electrons. The molecule has 0 radical (unpaired) electrons. The highest BCUT2D eigenvalue weighted by Gasteiger charge is 2.36. The summed E-state index contributed by atoms with van der Waals surface area (Å²) in [6, 6.07) is 6.50. The van der Waals surface area contributed by atoms with E-state index in [1.165, 1.54) is 43.4 Å². The smallest absolute Gasteiger partial charge is 0.142 e. The van der Waals surface area contributed by atoms with E-state index in [0.717, 1.165) is 25.4 Å². The molecule has 3 nitrogen and oxygen atoms in total. The van der Waals surface area contributed by atoms with E-state index < -0.39 is 0 Å². The molecule has 1 aromatic carbocycles. The lowest BCUT2D eigenvalue weighted by Gasteiger charge is -2.35. The molecule has 20 heavy (non-hydrogen) atoms. The summed E-state index contributed by atoms with van der Waals surface area (Å²) >= 11 is 0. The van der Waals surface area contributed by atoms with Crippen molar-refractivity contribution in [3.05, 3.63) is 23.8 Å². The van der Waals surface area contributed by atoms with Gasteiger partial charge in [0.15, 0.2) is 0 Å². The van der Waals surface area contributed by atoms with Gasteiger partial charge in [-0.3, -0.25) is 0 Å². The second-order valence-corrected chi connectivity index (χ2v) is 6.36. The maximum absolute atomic E-state index is 5.58. The fourth-order valence-corrected chi connectivity index (χ4v) is 3.76. The quantitative estimate of drug-likeness (QED) is 0.897. The van der Waals surface area contributed by atoms with Gasteiger partial charge < -0.3 is 15.0 Å². The van der Waals surface area contributed by atoms with Crippen molar-refractivity contribution in [2.45, 2.75) is 44.6 Å². The molecule has 0 atom stereocenters. The van der Waals surface area contributed by atoms with Crippen LogP contribution in [-0.2, 0) is 0 Å². The number of rotatable bonds is 2. The van der Waals surface area contributed by atoms with Gasteiger partial charge in [-0.1, -0.05) is 18.9 Å². The van der Waals surface area contributed by atoms with Gasteiger partial charge in [-0.05, 0) is 50.4 Å². The van der Waals surface area contributed by atoms with Crippen LogP contribution in [0.25, 0.3) is 0 Å². The maximum atomic E-state index is 5.58. The third-order valence-electron chi connectivity index (χ3n) is 4.83. The Morgan fingerprint density at radius 2 is 2.00 bits per heavy atom. The molecule has 1 heterocycles. The van der Waals surface area contributed by atoms with Gasteiger partial charge in [-0.25, -0.2) is 0 Å². The number of anilines is 1. The number of hydrogen-bond acceptors (Lipinski definition) is 3. The highest BCUT2D eigenvalue weighted by Crippen LogP contribution is 2.36. The number of aryl methyl sites for hydroxylation is 1. The molecule has 2 aliphatic rings. The van der Waals surface area contributed by atoms with Crippen LogP contribution < -0.4 is 15.0 Å². The highest BCUT2D eigenvalue weighted by atomic mass is 16.5. The first-order valence-corrected chi connectivity index (χ1v) is 7.87. The van der Waals surface area contributed by atoms with Crippen LogP contribution in [0.1, 0.15) is 37.7 Å². The standard InChI is InChI=1S/C17H26N2O/c1-14-6-7-16(20-2)15(12-14)19-11-5-10-18-17(13-19)8-3-4-9-17/h6-7,12,18H,3-5,8-11,13H2,1-2H3. The van der Waals surface area contributed by atoms with Crippen molar-refractivity contribution in [1.82, 2.24) is 5.32 Å². The third-order valence-corrected chi connectivity index (χ3v) is 4.83. The van der Waals surface area contributed by atoms with Crippen LogP contribution in [0.4, 0.5) is 5.69 Å². The van der Waals surface area contributed by atoms with Gasteiger partial charge in [0.2, 0.25) is 0 Å². The molecule has 1 aliphatic carbocycles. The Balaban J connectivity index is 1.89. The van der Waals surface area contributed by atoms with E-state index in [9.17, 15) is 0 Å². The summed E-state index contributed by atoms with van der Waals surface area (Å²) in [6.45, 7) is 5.54. The Labute approximate surface area is 122 Å². The number of benzene rings is 1. The van der Waals surface area contributed by atoms with Crippen LogP contribution >= 0.6 is 0 Å². The SMILES string of the molecule is COc1ccc(C)cc1N1CCCNC2(CCCC2)C1. The van der Waals surface area contributed by atoms with Crippen molar-refractivity contribution in [2.24, 2.45) is 0 Å². The molecule has 1 aromatic rings. The van der Waals surface area contributed by atoms with Gasteiger partial charge in [0, 0.05) is 18.6 Å². The molecular formula is C17H26N2O. The summed E-state index contributed by atoms with van der Waals surface area (Å²) in [6.07, 6.45) is 6.58. The number of nitrogens with zero attached hydrogens (tertiary/aromatic N) is 1. The van der Waals surface area contributed by atoms with Crippen molar-refractivity contribution in [3.63, 3.8) is 0 Å². The van der Waals surface area contributed by atoms with Crippen molar-refractivity contribution in [3.8, 4) is 5.75 Å². The fourth-order valence-electron chi connectivity index (χ4n) is 3.76. The van der Waals surface area contributed by atoms with E-state index in [2.05, 4.69) is 35.3 Å². The van der Waals surface area contributed by atoms with Gasteiger partial charge in [-0.2, -0.15) is 0 Å². The van der Waals surface area contributed by atoms with Gasteiger partial charge in [0.05, 0.1) is 12.8 Å². The molecule has 0 unspecified atom stereocenters. The molecule has 1 aliphatic heterocycles. The average molecular weight is 274 g/mol. The lowest BCUT2D eigenvalue weighted by atomic mass is 9.97. The van der Waals surface area contributed by atoms with Crippen molar-refractivity contribution in [1.29, 1.82) is 0 Å². The molecule has 0 bridgehead atoms. The van der Waals surface area contributed by atoms with Crippen LogP contribution in [0.3, 0.4) is 0 Å². The summed E-state index contributed by atoms with van der Waals surface area (Å²) in [4.78, 5) is 2.54. The first kappa shape index (κ1) is 13.7. The van der Waals surface area contributed by atoms with E-state index in [1.54, 1.807) is 7.11 Å². The molecule has 2 fully saturated rings. The minimum absolute atomic E-state index is 0.339. The van der Waals surface area contributed by atoms with Crippen LogP contribution in [0.5, 0.6) is 5.75 Å². The molecule has 0 aromatic heterocycles. The molecule has 0 amide bonds. The molecular weight excluding hydrogens is 248 g/mol. The predicted octanol–water partition coefficient (Wildman–Crippen LogP) is 3.12. The summed E-state index contributed by atoms with van der Waals surface area (Å²) in [7, 11) is 1.77. The fraction of sp³-hybridized carbons (Fsp3) is 0.647. The topological polar surface area (TPSA) is 24.5 Å². The maximum Gasteiger partial charge on any atom is 0.142 e. The monoisotopic (exact) mass is 274 g/mol. The number of hydrogen-bond donors (Lipinski definition) is 1. The van der Waals surface area contributed by atoms with Gasteiger partial charge in [-0.15, -0.1) is 0 Å². The first-order chi connectivity index (χ1) is 9.72. The minimum atomic E-state index is 0.339. The normalized spacial score (nSPS) is 22.0. The highest BCUT2D eigenvalue weighted by molar-refractivity contribution is 5.60. The molecule has 1 N–H and O–H groups in total.